The fourth-order valence-corrected chi connectivity index (χ4v) is 1.91. The normalized spacial score (nSPS) is 10.9. The van der Waals surface area contributed by atoms with Crippen LogP contribution in [0.3, 0.4) is 0 Å². The van der Waals surface area contributed by atoms with E-state index in [2.05, 4.69) is 45.0 Å². The van der Waals surface area contributed by atoms with Gasteiger partial charge in [-0.15, -0.1) is 0 Å². The van der Waals surface area contributed by atoms with Crippen molar-refractivity contribution < 1.29 is 5.73 Å². The number of aromatic nitrogens is 1. The summed E-state index contributed by atoms with van der Waals surface area (Å²) in [6, 6.07) is 6.29. The second-order valence-electron chi connectivity index (χ2n) is 3.11. The highest BCUT2D eigenvalue weighted by Gasteiger charge is 2.03. The standard InChI is InChI=1S/C10H11BrN2/c11-8-1-2-10-9(5-8)7(3-4-12)6-13-10/h1-2,5-6,13H,3-4,12H2/p+1. The molecule has 0 aliphatic carbocycles. The van der Waals surface area contributed by atoms with Gasteiger partial charge in [-0.05, 0) is 23.8 Å². The van der Waals surface area contributed by atoms with Gasteiger partial charge in [0.25, 0.3) is 0 Å². The number of benzene rings is 1. The van der Waals surface area contributed by atoms with E-state index < -0.39 is 0 Å². The number of aromatic amines is 1. The molecule has 0 atom stereocenters. The molecular formula is C10H12BrN2+. The molecule has 0 fully saturated rings. The summed E-state index contributed by atoms with van der Waals surface area (Å²) >= 11 is 3.47. The predicted octanol–water partition coefficient (Wildman–Crippen LogP) is 1.71. The van der Waals surface area contributed by atoms with Crippen molar-refractivity contribution in [1.82, 2.24) is 4.98 Å². The zero-order chi connectivity index (χ0) is 9.26. The Hall–Kier alpha value is -0.800. The highest BCUT2D eigenvalue weighted by molar-refractivity contribution is 9.10. The quantitative estimate of drug-likeness (QED) is 0.802. The summed E-state index contributed by atoms with van der Waals surface area (Å²) in [4.78, 5) is 3.25. The van der Waals surface area contributed by atoms with Gasteiger partial charge in [0, 0.05) is 28.0 Å². The number of quaternary nitrogens is 1. The van der Waals surface area contributed by atoms with E-state index >= 15 is 0 Å². The third kappa shape index (κ3) is 1.62. The molecule has 0 spiro atoms. The van der Waals surface area contributed by atoms with E-state index in [1.807, 2.05) is 6.07 Å². The Bertz CT molecular complexity index is 420. The largest absolute Gasteiger partial charge is 0.361 e. The van der Waals surface area contributed by atoms with E-state index in [0.29, 0.717) is 0 Å². The number of hydrogen-bond donors (Lipinski definition) is 2. The molecule has 0 unspecified atom stereocenters. The second-order valence-corrected chi connectivity index (χ2v) is 4.02. The maximum absolute atomic E-state index is 3.86. The Morgan fingerprint density at radius 1 is 1.38 bits per heavy atom. The molecule has 0 amide bonds. The minimum Gasteiger partial charge on any atom is -0.361 e. The van der Waals surface area contributed by atoms with Crippen molar-refractivity contribution in [2.24, 2.45) is 0 Å². The number of hydrogen-bond acceptors (Lipinski definition) is 0. The minimum absolute atomic E-state index is 0.944. The first-order chi connectivity index (χ1) is 6.31. The smallest absolute Gasteiger partial charge is 0.0781 e. The van der Waals surface area contributed by atoms with Crippen LogP contribution in [0, 0.1) is 0 Å². The van der Waals surface area contributed by atoms with Crippen LogP contribution in [0.1, 0.15) is 5.56 Å². The van der Waals surface area contributed by atoms with E-state index in [1.165, 1.54) is 16.5 Å². The van der Waals surface area contributed by atoms with Crippen LogP contribution in [0.5, 0.6) is 0 Å². The molecule has 3 heteroatoms. The van der Waals surface area contributed by atoms with Crippen LogP contribution >= 0.6 is 15.9 Å². The first-order valence-corrected chi connectivity index (χ1v) is 5.15. The van der Waals surface area contributed by atoms with Crippen LogP contribution in [-0.4, -0.2) is 11.5 Å². The van der Waals surface area contributed by atoms with Gasteiger partial charge in [0.05, 0.1) is 6.54 Å². The highest BCUT2D eigenvalue weighted by Crippen LogP contribution is 2.22. The molecule has 1 aromatic heterocycles. The average molecular weight is 240 g/mol. The van der Waals surface area contributed by atoms with Crippen LogP contribution < -0.4 is 5.73 Å². The average Bonchev–Trinajstić information content (AvgIpc) is 2.49. The van der Waals surface area contributed by atoms with Gasteiger partial charge in [-0.25, -0.2) is 0 Å². The molecule has 0 saturated heterocycles. The molecule has 2 nitrogen and oxygen atoms in total. The topological polar surface area (TPSA) is 43.4 Å². The van der Waals surface area contributed by atoms with Gasteiger partial charge in [0.2, 0.25) is 0 Å². The summed E-state index contributed by atoms with van der Waals surface area (Å²) in [5.74, 6) is 0. The Morgan fingerprint density at radius 2 is 2.23 bits per heavy atom. The molecule has 0 radical (unpaired) electrons. The fraction of sp³-hybridized carbons (Fsp3) is 0.200. The van der Waals surface area contributed by atoms with Gasteiger partial charge < -0.3 is 10.7 Å². The lowest BCUT2D eigenvalue weighted by Crippen LogP contribution is -2.51. The zero-order valence-corrected chi connectivity index (χ0v) is 8.89. The van der Waals surface area contributed by atoms with Crippen LogP contribution in [0.4, 0.5) is 0 Å². The van der Waals surface area contributed by atoms with Crippen molar-refractivity contribution in [3.8, 4) is 0 Å². The van der Waals surface area contributed by atoms with Crippen LogP contribution in [0.25, 0.3) is 10.9 Å². The van der Waals surface area contributed by atoms with Gasteiger partial charge in [0.1, 0.15) is 0 Å². The van der Waals surface area contributed by atoms with Gasteiger partial charge in [0.15, 0.2) is 0 Å². The predicted molar refractivity (Wildman–Crippen MR) is 57.5 cm³/mol. The van der Waals surface area contributed by atoms with Crippen molar-refractivity contribution >= 4 is 26.8 Å². The molecule has 0 saturated carbocycles. The molecule has 1 aromatic carbocycles. The van der Waals surface area contributed by atoms with E-state index in [1.54, 1.807) is 0 Å². The Kier molecular flexibility index (Phi) is 2.38. The summed E-state index contributed by atoms with van der Waals surface area (Å²) in [6.07, 6.45) is 3.11. The van der Waals surface area contributed by atoms with Crippen molar-refractivity contribution in [2.75, 3.05) is 6.54 Å². The number of H-pyrrole nitrogens is 1. The molecule has 1 heterocycles. The first kappa shape index (κ1) is 8.78. The minimum atomic E-state index is 0.944. The molecule has 0 aliphatic rings. The SMILES string of the molecule is [NH3+]CCc1c[nH]c2ccc(Br)cc12. The molecule has 4 N–H and O–H groups in total. The number of halogens is 1. The fourth-order valence-electron chi connectivity index (χ4n) is 1.55. The molecule has 2 rings (SSSR count). The molecule has 68 valence electrons. The van der Waals surface area contributed by atoms with E-state index in [-0.39, 0.29) is 0 Å². The molecule has 0 bridgehead atoms. The second kappa shape index (κ2) is 3.52. The molecule has 13 heavy (non-hydrogen) atoms. The Labute approximate surface area is 85.3 Å². The van der Waals surface area contributed by atoms with Gasteiger partial charge in [-0.3, -0.25) is 0 Å². The van der Waals surface area contributed by atoms with E-state index in [4.69, 9.17) is 0 Å². The van der Waals surface area contributed by atoms with Crippen molar-refractivity contribution in [1.29, 1.82) is 0 Å². The summed E-state index contributed by atoms with van der Waals surface area (Å²) in [7, 11) is 0. The van der Waals surface area contributed by atoms with Crippen LogP contribution in [-0.2, 0) is 6.42 Å². The van der Waals surface area contributed by atoms with E-state index in [9.17, 15) is 0 Å². The van der Waals surface area contributed by atoms with Crippen molar-refractivity contribution in [2.45, 2.75) is 6.42 Å². The summed E-state index contributed by atoms with van der Waals surface area (Å²) in [5, 5.41) is 1.30. The summed E-state index contributed by atoms with van der Waals surface area (Å²) < 4.78 is 1.13. The lowest BCUT2D eigenvalue weighted by atomic mass is 10.1. The van der Waals surface area contributed by atoms with E-state index in [0.717, 1.165) is 17.4 Å². The molecule has 0 aliphatic heterocycles. The van der Waals surface area contributed by atoms with Crippen molar-refractivity contribution in [3.63, 3.8) is 0 Å². The first-order valence-electron chi connectivity index (χ1n) is 4.36. The zero-order valence-electron chi connectivity index (χ0n) is 7.31. The lowest BCUT2D eigenvalue weighted by Gasteiger charge is -1.95. The monoisotopic (exact) mass is 239 g/mol. The van der Waals surface area contributed by atoms with Gasteiger partial charge >= 0.3 is 0 Å². The molecular weight excluding hydrogens is 228 g/mol. The number of rotatable bonds is 2. The van der Waals surface area contributed by atoms with Crippen LogP contribution in [0.2, 0.25) is 0 Å². The third-order valence-electron chi connectivity index (χ3n) is 2.18. The Balaban J connectivity index is 2.58. The summed E-state index contributed by atoms with van der Waals surface area (Å²) in [6.45, 7) is 0.944. The summed E-state index contributed by atoms with van der Waals surface area (Å²) in [5.41, 5.74) is 6.42. The lowest BCUT2D eigenvalue weighted by molar-refractivity contribution is -0.366. The third-order valence-corrected chi connectivity index (χ3v) is 2.67. The Morgan fingerprint density at radius 3 is 3.00 bits per heavy atom. The molecule has 2 aromatic rings. The van der Waals surface area contributed by atoms with Crippen LogP contribution in [0.15, 0.2) is 28.9 Å². The highest BCUT2D eigenvalue weighted by atomic mass is 79.9. The van der Waals surface area contributed by atoms with Gasteiger partial charge in [-0.2, -0.15) is 0 Å². The number of nitrogens with one attached hydrogen (secondary N) is 1. The number of fused-ring (bicyclic) bond motifs is 1. The maximum Gasteiger partial charge on any atom is 0.0781 e. The van der Waals surface area contributed by atoms with Crippen molar-refractivity contribution in [3.05, 3.63) is 34.4 Å². The maximum atomic E-state index is 3.86. The van der Waals surface area contributed by atoms with Gasteiger partial charge in [-0.1, -0.05) is 15.9 Å².